The van der Waals surface area contributed by atoms with E-state index in [0.29, 0.717) is 15.7 Å². The van der Waals surface area contributed by atoms with Crippen molar-refractivity contribution in [3.63, 3.8) is 0 Å². The average molecular weight is 360 g/mol. The second-order valence-electron chi connectivity index (χ2n) is 4.04. The number of sulfonamides is 1. The molecule has 0 unspecified atom stereocenters. The number of nitrogens with one attached hydrogen (secondary N) is 1. The molecule has 2 aromatic rings. The van der Waals surface area contributed by atoms with Crippen LogP contribution in [0.2, 0.25) is 0 Å². The standard InChI is InChI=1S/C13H11BrFNO3S/c14-10-2-1-3-11(7-10)16-20(18,19)13-6-9(8-17)4-5-12(13)15/h1-7,16-17H,8H2. The Labute approximate surface area is 124 Å². The van der Waals surface area contributed by atoms with Crippen LogP contribution < -0.4 is 4.72 Å². The summed E-state index contributed by atoms with van der Waals surface area (Å²) in [6, 6.07) is 9.96. The number of anilines is 1. The molecule has 0 atom stereocenters. The molecule has 20 heavy (non-hydrogen) atoms. The van der Waals surface area contributed by atoms with Gasteiger partial charge in [0.15, 0.2) is 0 Å². The number of hydrogen-bond donors (Lipinski definition) is 2. The van der Waals surface area contributed by atoms with Gasteiger partial charge in [0, 0.05) is 10.2 Å². The number of rotatable bonds is 4. The van der Waals surface area contributed by atoms with Crippen LogP contribution in [0.15, 0.2) is 51.8 Å². The SMILES string of the molecule is O=S(=O)(Nc1cccc(Br)c1)c1cc(CO)ccc1F. The summed E-state index contributed by atoms with van der Waals surface area (Å²) in [5.74, 6) is -0.871. The number of hydrogen-bond acceptors (Lipinski definition) is 3. The summed E-state index contributed by atoms with van der Waals surface area (Å²) < 4.78 is 41.0. The third-order valence-corrected chi connectivity index (χ3v) is 4.43. The second kappa shape index (κ2) is 5.90. The second-order valence-corrected chi connectivity index (χ2v) is 6.61. The fourth-order valence-electron chi connectivity index (χ4n) is 1.61. The molecular weight excluding hydrogens is 349 g/mol. The molecule has 2 rings (SSSR count). The van der Waals surface area contributed by atoms with Gasteiger partial charge in [0.1, 0.15) is 10.7 Å². The van der Waals surface area contributed by atoms with Crippen LogP contribution in [-0.2, 0) is 16.6 Å². The number of aliphatic hydroxyl groups excluding tert-OH is 1. The Morgan fingerprint density at radius 3 is 2.60 bits per heavy atom. The van der Waals surface area contributed by atoms with Gasteiger partial charge in [-0.15, -0.1) is 0 Å². The molecule has 106 valence electrons. The maximum atomic E-state index is 13.7. The van der Waals surface area contributed by atoms with E-state index >= 15 is 0 Å². The third-order valence-electron chi connectivity index (χ3n) is 2.54. The van der Waals surface area contributed by atoms with Gasteiger partial charge in [0.2, 0.25) is 0 Å². The molecule has 0 saturated carbocycles. The van der Waals surface area contributed by atoms with Crippen molar-refractivity contribution >= 4 is 31.6 Å². The first kappa shape index (κ1) is 15.0. The van der Waals surface area contributed by atoms with Gasteiger partial charge in [0.25, 0.3) is 10.0 Å². The van der Waals surface area contributed by atoms with Crippen LogP contribution in [0.5, 0.6) is 0 Å². The van der Waals surface area contributed by atoms with Crippen molar-refractivity contribution in [3.05, 3.63) is 58.3 Å². The molecule has 2 aromatic carbocycles. The van der Waals surface area contributed by atoms with Gasteiger partial charge in [-0.1, -0.05) is 28.1 Å². The molecule has 0 aliphatic carbocycles. The van der Waals surface area contributed by atoms with Crippen LogP contribution >= 0.6 is 15.9 Å². The summed E-state index contributed by atoms with van der Waals surface area (Å²) in [4.78, 5) is -0.496. The average Bonchev–Trinajstić information content (AvgIpc) is 2.38. The number of benzene rings is 2. The van der Waals surface area contributed by atoms with Crippen molar-refractivity contribution in [2.75, 3.05) is 4.72 Å². The summed E-state index contributed by atoms with van der Waals surface area (Å²) in [5.41, 5.74) is 0.634. The molecule has 0 aromatic heterocycles. The van der Waals surface area contributed by atoms with Crippen molar-refractivity contribution in [3.8, 4) is 0 Å². The Morgan fingerprint density at radius 2 is 1.95 bits per heavy atom. The van der Waals surface area contributed by atoms with Crippen LogP contribution in [0.3, 0.4) is 0 Å². The maximum Gasteiger partial charge on any atom is 0.264 e. The molecule has 4 nitrogen and oxygen atoms in total. The highest BCUT2D eigenvalue weighted by molar-refractivity contribution is 9.10. The van der Waals surface area contributed by atoms with Crippen LogP contribution in [0.25, 0.3) is 0 Å². The first-order valence-corrected chi connectivity index (χ1v) is 7.87. The van der Waals surface area contributed by atoms with E-state index in [1.165, 1.54) is 6.07 Å². The van der Waals surface area contributed by atoms with Gasteiger partial charge >= 0.3 is 0 Å². The highest BCUT2D eigenvalue weighted by Gasteiger charge is 2.19. The van der Waals surface area contributed by atoms with E-state index in [4.69, 9.17) is 5.11 Å². The predicted octanol–water partition coefficient (Wildman–Crippen LogP) is 2.88. The van der Waals surface area contributed by atoms with E-state index in [1.807, 2.05) is 0 Å². The van der Waals surface area contributed by atoms with Gasteiger partial charge < -0.3 is 5.11 Å². The van der Waals surface area contributed by atoms with Crippen molar-refractivity contribution in [2.24, 2.45) is 0 Å². The number of halogens is 2. The lowest BCUT2D eigenvalue weighted by Crippen LogP contribution is -2.15. The molecule has 0 bridgehead atoms. The molecular formula is C13H11BrFNO3S. The lowest BCUT2D eigenvalue weighted by Gasteiger charge is -2.10. The quantitative estimate of drug-likeness (QED) is 0.881. The lowest BCUT2D eigenvalue weighted by molar-refractivity contribution is 0.281. The van der Waals surface area contributed by atoms with Gasteiger partial charge in [0.05, 0.1) is 6.61 Å². The van der Waals surface area contributed by atoms with Gasteiger partial charge in [-0.2, -0.15) is 0 Å². The Morgan fingerprint density at radius 1 is 1.20 bits per heavy atom. The lowest BCUT2D eigenvalue weighted by atomic mass is 10.2. The molecule has 0 amide bonds. The van der Waals surface area contributed by atoms with Crippen LogP contribution in [0, 0.1) is 5.82 Å². The smallest absolute Gasteiger partial charge is 0.264 e. The summed E-state index contributed by atoms with van der Waals surface area (Å²) in [7, 11) is -4.05. The molecule has 0 heterocycles. The molecule has 0 aliphatic heterocycles. The van der Waals surface area contributed by atoms with E-state index < -0.39 is 20.7 Å². The zero-order valence-electron chi connectivity index (χ0n) is 10.2. The minimum Gasteiger partial charge on any atom is -0.392 e. The molecule has 7 heteroatoms. The zero-order valence-corrected chi connectivity index (χ0v) is 12.6. The highest BCUT2D eigenvalue weighted by atomic mass is 79.9. The zero-order chi connectivity index (χ0) is 14.8. The highest BCUT2D eigenvalue weighted by Crippen LogP contribution is 2.22. The van der Waals surface area contributed by atoms with E-state index in [2.05, 4.69) is 20.7 Å². The minimum absolute atomic E-state index is 0.313. The van der Waals surface area contributed by atoms with Crippen molar-refractivity contribution < 1.29 is 17.9 Å². The van der Waals surface area contributed by atoms with Crippen molar-refractivity contribution in [1.29, 1.82) is 0 Å². The van der Waals surface area contributed by atoms with Crippen molar-refractivity contribution in [1.82, 2.24) is 0 Å². The Kier molecular flexibility index (Phi) is 4.42. The Balaban J connectivity index is 2.40. The first-order valence-electron chi connectivity index (χ1n) is 5.60. The molecule has 2 N–H and O–H groups in total. The Hall–Kier alpha value is -1.44. The van der Waals surface area contributed by atoms with E-state index in [-0.39, 0.29) is 6.61 Å². The monoisotopic (exact) mass is 359 g/mol. The summed E-state index contributed by atoms with van der Waals surface area (Å²) in [6.45, 7) is -0.361. The van der Waals surface area contributed by atoms with Crippen LogP contribution in [-0.4, -0.2) is 13.5 Å². The fraction of sp³-hybridized carbons (Fsp3) is 0.0769. The topological polar surface area (TPSA) is 66.4 Å². The molecule has 0 spiro atoms. The summed E-state index contributed by atoms with van der Waals surface area (Å²) in [5, 5.41) is 9.00. The van der Waals surface area contributed by atoms with E-state index in [1.54, 1.807) is 24.3 Å². The minimum atomic E-state index is -4.05. The molecule has 0 radical (unpaired) electrons. The summed E-state index contributed by atoms with van der Waals surface area (Å²) >= 11 is 3.22. The normalized spacial score (nSPS) is 11.3. The fourth-order valence-corrected chi connectivity index (χ4v) is 3.19. The van der Waals surface area contributed by atoms with Gasteiger partial charge in [-0.3, -0.25) is 4.72 Å². The van der Waals surface area contributed by atoms with Gasteiger partial charge in [-0.25, -0.2) is 12.8 Å². The van der Waals surface area contributed by atoms with E-state index in [0.717, 1.165) is 12.1 Å². The largest absolute Gasteiger partial charge is 0.392 e. The van der Waals surface area contributed by atoms with Crippen LogP contribution in [0.4, 0.5) is 10.1 Å². The van der Waals surface area contributed by atoms with Crippen molar-refractivity contribution in [2.45, 2.75) is 11.5 Å². The molecule has 0 fully saturated rings. The Bertz CT molecular complexity index is 734. The predicted molar refractivity (Wildman–Crippen MR) is 77.3 cm³/mol. The summed E-state index contributed by atoms with van der Waals surface area (Å²) in [6.07, 6.45) is 0. The number of aliphatic hydroxyl groups is 1. The van der Waals surface area contributed by atoms with Crippen LogP contribution in [0.1, 0.15) is 5.56 Å². The first-order chi connectivity index (χ1) is 9.42. The third kappa shape index (κ3) is 3.36. The maximum absolute atomic E-state index is 13.7. The van der Waals surface area contributed by atoms with Gasteiger partial charge in [-0.05, 0) is 35.9 Å². The molecule has 0 saturated heterocycles. The van der Waals surface area contributed by atoms with E-state index in [9.17, 15) is 12.8 Å². The molecule has 0 aliphatic rings.